The maximum atomic E-state index is 12.4. The fraction of sp³-hybridized carbons (Fsp3) is 0.467. The van der Waals surface area contributed by atoms with E-state index in [1.807, 2.05) is 32.9 Å². The van der Waals surface area contributed by atoms with Gasteiger partial charge in [0.2, 0.25) is 5.91 Å². The van der Waals surface area contributed by atoms with E-state index in [0.29, 0.717) is 18.7 Å². The highest BCUT2D eigenvalue weighted by Crippen LogP contribution is 2.26. The second-order valence-corrected chi connectivity index (χ2v) is 6.26. The lowest BCUT2D eigenvalue weighted by atomic mass is 10.0. The zero-order chi connectivity index (χ0) is 16.7. The van der Waals surface area contributed by atoms with E-state index in [0.717, 1.165) is 10.2 Å². The number of carboxylic acid groups (broad SMARTS) is 1. The number of hydrogen-bond acceptors (Lipinski definition) is 3. The van der Waals surface area contributed by atoms with Crippen molar-refractivity contribution in [3.05, 3.63) is 22.7 Å². The Morgan fingerprint density at radius 1 is 1.27 bits per heavy atom. The van der Waals surface area contributed by atoms with Crippen molar-refractivity contribution in [1.29, 1.82) is 0 Å². The first kappa shape index (κ1) is 18.3. The number of halogens is 1. The molecule has 1 aromatic carbocycles. The van der Waals surface area contributed by atoms with Crippen molar-refractivity contribution in [1.82, 2.24) is 5.32 Å². The van der Waals surface area contributed by atoms with Crippen molar-refractivity contribution in [2.24, 2.45) is 5.92 Å². The summed E-state index contributed by atoms with van der Waals surface area (Å²) >= 11 is 3.37. The van der Waals surface area contributed by atoms with Crippen molar-refractivity contribution in [2.45, 2.75) is 33.2 Å². The maximum Gasteiger partial charge on any atom is 0.405 e. The van der Waals surface area contributed by atoms with E-state index in [1.165, 1.54) is 0 Å². The van der Waals surface area contributed by atoms with Gasteiger partial charge in [-0.3, -0.25) is 4.79 Å². The van der Waals surface area contributed by atoms with Crippen molar-refractivity contribution in [3.8, 4) is 0 Å². The molecule has 0 radical (unpaired) electrons. The minimum absolute atomic E-state index is 0.193. The average molecular weight is 372 g/mol. The topological polar surface area (TPSA) is 90.5 Å². The van der Waals surface area contributed by atoms with Crippen LogP contribution in [0.5, 0.6) is 0 Å². The summed E-state index contributed by atoms with van der Waals surface area (Å²) in [6.45, 7) is 6.55. The molecular formula is C15H22BrN3O3. The van der Waals surface area contributed by atoms with Crippen LogP contribution in [-0.2, 0) is 4.79 Å². The molecule has 6 nitrogen and oxygen atoms in total. The highest BCUT2D eigenvalue weighted by molar-refractivity contribution is 9.10. The third kappa shape index (κ3) is 5.93. The van der Waals surface area contributed by atoms with Gasteiger partial charge in [0.25, 0.3) is 0 Å². The van der Waals surface area contributed by atoms with Gasteiger partial charge in [-0.05, 0) is 37.5 Å². The van der Waals surface area contributed by atoms with E-state index in [-0.39, 0.29) is 11.8 Å². The van der Waals surface area contributed by atoms with Crippen LogP contribution < -0.4 is 16.0 Å². The normalized spacial score (nSPS) is 11.9. The Kier molecular flexibility index (Phi) is 7.17. The molecule has 0 bridgehead atoms. The number of amides is 2. The molecule has 122 valence electrons. The Balaban J connectivity index is 2.92. The van der Waals surface area contributed by atoms with E-state index < -0.39 is 12.1 Å². The summed E-state index contributed by atoms with van der Waals surface area (Å²) < 4.78 is 0.830. The van der Waals surface area contributed by atoms with Gasteiger partial charge in [-0.15, -0.1) is 0 Å². The van der Waals surface area contributed by atoms with Crippen molar-refractivity contribution < 1.29 is 14.7 Å². The van der Waals surface area contributed by atoms with E-state index in [1.54, 1.807) is 6.07 Å². The molecule has 7 heteroatoms. The van der Waals surface area contributed by atoms with Crippen LogP contribution in [-0.4, -0.2) is 29.7 Å². The van der Waals surface area contributed by atoms with Gasteiger partial charge in [0.1, 0.15) is 6.04 Å². The minimum atomic E-state index is -1.21. The lowest BCUT2D eigenvalue weighted by Gasteiger charge is -2.20. The SMILES string of the molecule is CCNc1ccc(Br)cc1NC(=O)C(CC(C)C)NC(=O)O. The number of rotatable bonds is 7. The largest absolute Gasteiger partial charge is 0.465 e. The van der Waals surface area contributed by atoms with Crippen molar-refractivity contribution in [3.63, 3.8) is 0 Å². The Morgan fingerprint density at radius 3 is 2.50 bits per heavy atom. The third-order valence-corrected chi connectivity index (χ3v) is 3.42. The van der Waals surface area contributed by atoms with Gasteiger partial charge in [0, 0.05) is 11.0 Å². The smallest absolute Gasteiger partial charge is 0.405 e. The quantitative estimate of drug-likeness (QED) is 0.590. The Bertz CT molecular complexity index is 535. The molecule has 4 N–H and O–H groups in total. The second kappa shape index (κ2) is 8.63. The molecule has 0 aliphatic heterocycles. The van der Waals surface area contributed by atoms with Gasteiger partial charge >= 0.3 is 6.09 Å². The first-order valence-corrected chi connectivity index (χ1v) is 7.96. The van der Waals surface area contributed by atoms with Gasteiger partial charge in [-0.2, -0.15) is 0 Å². The Morgan fingerprint density at radius 2 is 1.95 bits per heavy atom. The summed E-state index contributed by atoms with van der Waals surface area (Å²) in [5.74, 6) is -0.174. The Hall–Kier alpha value is -1.76. The molecule has 2 amide bonds. The van der Waals surface area contributed by atoms with Crippen LogP contribution in [0.2, 0.25) is 0 Å². The van der Waals surface area contributed by atoms with Crippen LogP contribution in [0.15, 0.2) is 22.7 Å². The van der Waals surface area contributed by atoms with E-state index >= 15 is 0 Å². The molecule has 1 unspecified atom stereocenters. The zero-order valence-electron chi connectivity index (χ0n) is 12.9. The standard InChI is InChI=1S/C15H22BrN3O3/c1-4-17-11-6-5-10(16)8-12(11)18-14(20)13(7-9(2)3)19-15(21)22/h5-6,8-9,13,17,19H,4,7H2,1-3H3,(H,18,20)(H,21,22). The van der Waals surface area contributed by atoms with Crippen molar-refractivity contribution in [2.75, 3.05) is 17.2 Å². The molecule has 0 aliphatic carbocycles. The van der Waals surface area contributed by atoms with Crippen LogP contribution >= 0.6 is 15.9 Å². The predicted molar refractivity (Wildman–Crippen MR) is 91.3 cm³/mol. The van der Waals surface area contributed by atoms with E-state index in [9.17, 15) is 9.59 Å². The number of benzene rings is 1. The fourth-order valence-electron chi connectivity index (χ4n) is 2.04. The summed E-state index contributed by atoms with van der Waals surface area (Å²) in [6, 6.07) is 4.72. The molecule has 1 rings (SSSR count). The summed E-state index contributed by atoms with van der Waals surface area (Å²) in [5, 5.41) is 17.1. The summed E-state index contributed by atoms with van der Waals surface area (Å²) in [4.78, 5) is 23.2. The number of anilines is 2. The molecule has 0 fully saturated rings. The maximum absolute atomic E-state index is 12.4. The lowest BCUT2D eigenvalue weighted by Crippen LogP contribution is -2.44. The Labute approximate surface area is 138 Å². The van der Waals surface area contributed by atoms with Gasteiger partial charge < -0.3 is 21.1 Å². The number of carbonyl (C=O) groups is 2. The van der Waals surface area contributed by atoms with Crippen molar-refractivity contribution >= 4 is 39.3 Å². The highest BCUT2D eigenvalue weighted by atomic mass is 79.9. The van der Waals surface area contributed by atoms with Crippen LogP contribution in [0.25, 0.3) is 0 Å². The molecule has 0 saturated carbocycles. The van der Waals surface area contributed by atoms with Gasteiger partial charge in [-0.25, -0.2) is 4.79 Å². The van der Waals surface area contributed by atoms with Crippen LogP contribution in [0, 0.1) is 5.92 Å². The first-order valence-electron chi connectivity index (χ1n) is 7.17. The monoisotopic (exact) mass is 371 g/mol. The molecule has 22 heavy (non-hydrogen) atoms. The molecule has 1 atom stereocenters. The molecule has 0 saturated heterocycles. The van der Waals surface area contributed by atoms with Gasteiger partial charge in [-0.1, -0.05) is 29.8 Å². The molecule has 1 aromatic rings. The van der Waals surface area contributed by atoms with Crippen LogP contribution in [0.3, 0.4) is 0 Å². The number of hydrogen-bond donors (Lipinski definition) is 4. The first-order chi connectivity index (χ1) is 10.3. The lowest BCUT2D eigenvalue weighted by molar-refractivity contribution is -0.118. The van der Waals surface area contributed by atoms with Crippen LogP contribution in [0.1, 0.15) is 27.2 Å². The minimum Gasteiger partial charge on any atom is -0.465 e. The number of nitrogens with one attached hydrogen (secondary N) is 3. The molecule has 0 aliphatic rings. The molecule has 0 heterocycles. The third-order valence-electron chi connectivity index (χ3n) is 2.93. The molecule has 0 aromatic heterocycles. The second-order valence-electron chi connectivity index (χ2n) is 5.34. The zero-order valence-corrected chi connectivity index (χ0v) is 14.5. The molecule has 0 spiro atoms. The van der Waals surface area contributed by atoms with E-state index in [2.05, 4.69) is 31.9 Å². The summed E-state index contributed by atoms with van der Waals surface area (Å²) in [6.07, 6.45) is -0.773. The summed E-state index contributed by atoms with van der Waals surface area (Å²) in [7, 11) is 0. The fourth-order valence-corrected chi connectivity index (χ4v) is 2.40. The predicted octanol–water partition coefficient (Wildman–Crippen LogP) is 3.50. The highest BCUT2D eigenvalue weighted by Gasteiger charge is 2.22. The summed E-state index contributed by atoms with van der Waals surface area (Å²) in [5.41, 5.74) is 1.40. The van der Waals surface area contributed by atoms with Gasteiger partial charge in [0.05, 0.1) is 11.4 Å². The van der Waals surface area contributed by atoms with E-state index in [4.69, 9.17) is 5.11 Å². The molecular weight excluding hydrogens is 350 g/mol. The van der Waals surface area contributed by atoms with Gasteiger partial charge in [0.15, 0.2) is 0 Å². The number of carbonyl (C=O) groups excluding carboxylic acids is 1. The average Bonchev–Trinajstić information content (AvgIpc) is 2.40. The van der Waals surface area contributed by atoms with Crippen LogP contribution in [0.4, 0.5) is 16.2 Å².